The number of ether oxygens (including phenoxy) is 1. The molecule has 2 N–H and O–H groups in total. The Morgan fingerprint density at radius 2 is 1.84 bits per heavy atom. The van der Waals surface area contributed by atoms with Gasteiger partial charge in [0, 0.05) is 19.6 Å². The highest BCUT2D eigenvalue weighted by atomic mass is 32.2. The van der Waals surface area contributed by atoms with E-state index in [4.69, 9.17) is 4.74 Å². The van der Waals surface area contributed by atoms with E-state index in [9.17, 15) is 22.8 Å². The lowest BCUT2D eigenvalue weighted by Gasteiger charge is -2.34. The third kappa shape index (κ3) is 7.32. The molecule has 1 fully saturated rings. The molecule has 0 saturated carbocycles. The second-order valence-corrected chi connectivity index (χ2v) is 9.97. The van der Waals surface area contributed by atoms with Crippen LogP contribution in [0.2, 0.25) is 0 Å². The van der Waals surface area contributed by atoms with Crippen molar-refractivity contribution in [2.24, 2.45) is 11.8 Å². The molecule has 0 aliphatic carbocycles. The molecule has 1 aromatic rings. The van der Waals surface area contributed by atoms with Gasteiger partial charge >= 0.3 is 12.0 Å². The number of amides is 3. The zero-order valence-electron chi connectivity index (χ0n) is 18.2. The Balaban J connectivity index is 1.97. The van der Waals surface area contributed by atoms with E-state index in [1.807, 2.05) is 20.8 Å². The molecule has 0 spiro atoms. The average Bonchev–Trinajstić information content (AvgIpc) is 2.71. The van der Waals surface area contributed by atoms with Crippen LogP contribution in [0, 0.1) is 11.8 Å². The number of imide groups is 1. The SMILES string of the molecule is CCCCNC(=O)NC(=O)COC(=O)c1cccc(S(=O)(=O)N2CC(C)CC(C)C2)c1. The maximum absolute atomic E-state index is 13.0. The fourth-order valence-electron chi connectivity index (χ4n) is 3.53. The van der Waals surface area contributed by atoms with Crippen LogP contribution in [0.15, 0.2) is 29.2 Å². The molecule has 172 valence electrons. The number of nitrogens with one attached hydrogen (secondary N) is 2. The van der Waals surface area contributed by atoms with Crippen LogP contribution in [-0.2, 0) is 19.6 Å². The summed E-state index contributed by atoms with van der Waals surface area (Å²) in [6.07, 6.45) is 2.65. The number of carbonyl (C=O) groups excluding carboxylic acids is 3. The van der Waals surface area contributed by atoms with Gasteiger partial charge in [-0.25, -0.2) is 18.0 Å². The Hall–Kier alpha value is -2.46. The Morgan fingerprint density at radius 3 is 2.48 bits per heavy atom. The van der Waals surface area contributed by atoms with Gasteiger partial charge < -0.3 is 10.1 Å². The van der Waals surface area contributed by atoms with Gasteiger partial charge in [-0.2, -0.15) is 4.31 Å². The second-order valence-electron chi connectivity index (χ2n) is 8.03. The Kier molecular flexibility index (Phi) is 9.00. The smallest absolute Gasteiger partial charge is 0.338 e. The summed E-state index contributed by atoms with van der Waals surface area (Å²) in [5.74, 6) is -1.12. The van der Waals surface area contributed by atoms with Crippen molar-refractivity contribution < 1.29 is 27.5 Å². The molecule has 1 aromatic carbocycles. The van der Waals surface area contributed by atoms with Gasteiger partial charge in [-0.3, -0.25) is 10.1 Å². The molecule has 1 heterocycles. The summed E-state index contributed by atoms with van der Waals surface area (Å²) >= 11 is 0. The Bertz CT molecular complexity index is 892. The summed E-state index contributed by atoms with van der Waals surface area (Å²) in [6, 6.07) is 4.90. The molecule has 3 amide bonds. The molecule has 1 aliphatic rings. The molecule has 0 aromatic heterocycles. The predicted molar refractivity (Wildman–Crippen MR) is 115 cm³/mol. The van der Waals surface area contributed by atoms with Crippen LogP contribution in [0.4, 0.5) is 4.79 Å². The number of sulfonamides is 1. The summed E-state index contributed by atoms with van der Waals surface area (Å²) in [4.78, 5) is 35.6. The second kappa shape index (κ2) is 11.2. The average molecular weight is 454 g/mol. The van der Waals surface area contributed by atoms with E-state index in [2.05, 4.69) is 10.6 Å². The lowest BCUT2D eigenvalue weighted by atomic mass is 9.94. The molecule has 2 unspecified atom stereocenters. The first kappa shape index (κ1) is 24.8. The molecule has 1 aliphatic heterocycles. The van der Waals surface area contributed by atoms with Gasteiger partial charge in [-0.05, 0) is 42.9 Å². The molecule has 9 nitrogen and oxygen atoms in total. The van der Waals surface area contributed by atoms with Crippen LogP contribution < -0.4 is 10.6 Å². The van der Waals surface area contributed by atoms with Crippen LogP contribution in [0.5, 0.6) is 0 Å². The summed E-state index contributed by atoms with van der Waals surface area (Å²) in [6.45, 7) is 6.65. The minimum absolute atomic E-state index is 0.00278. The van der Waals surface area contributed by atoms with Gasteiger partial charge in [-0.1, -0.05) is 33.3 Å². The summed E-state index contributed by atoms with van der Waals surface area (Å²) in [5.41, 5.74) is 0.0133. The maximum atomic E-state index is 13.0. The van der Waals surface area contributed by atoms with Gasteiger partial charge in [0.15, 0.2) is 6.61 Å². The normalized spacial score (nSPS) is 19.5. The molecule has 2 atom stereocenters. The van der Waals surface area contributed by atoms with E-state index < -0.39 is 34.5 Å². The van der Waals surface area contributed by atoms with Gasteiger partial charge in [0.25, 0.3) is 5.91 Å². The topological polar surface area (TPSA) is 122 Å². The molecular formula is C21H31N3O6S. The van der Waals surface area contributed by atoms with Crippen LogP contribution in [0.1, 0.15) is 50.4 Å². The van der Waals surface area contributed by atoms with Crippen LogP contribution >= 0.6 is 0 Å². The fourth-order valence-corrected chi connectivity index (χ4v) is 5.26. The van der Waals surface area contributed by atoms with Crippen molar-refractivity contribution in [2.45, 2.75) is 44.9 Å². The third-order valence-corrected chi connectivity index (χ3v) is 6.77. The van der Waals surface area contributed by atoms with Crippen molar-refractivity contribution in [2.75, 3.05) is 26.2 Å². The fraction of sp³-hybridized carbons (Fsp3) is 0.571. The highest BCUT2D eigenvalue weighted by molar-refractivity contribution is 7.89. The van der Waals surface area contributed by atoms with E-state index in [1.165, 1.54) is 28.6 Å². The standard InChI is InChI=1S/C21H31N3O6S/c1-4-5-9-22-21(27)23-19(25)14-30-20(26)17-7-6-8-18(11-17)31(28,29)24-12-15(2)10-16(3)13-24/h6-8,11,15-16H,4-5,9-10,12-14H2,1-3H3,(H2,22,23,25,27). The molecule has 0 radical (unpaired) electrons. The lowest BCUT2D eigenvalue weighted by molar-refractivity contribution is -0.123. The first-order valence-corrected chi connectivity index (χ1v) is 11.9. The largest absolute Gasteiger partial charge is 0.452 e. The number of carbonyl (C=O) groups is 3. The third-order valence-electron chi connectivity index (χ3n) is 4.95. The zero-order valence-corrected chi connectivity index (χ0v) is 19.0. The highest BCUT2D eigenvalue weighted by Gasteiger charge is 2.32. The van der Waals surface area contributed by atoms with E-state index in [1.54, 1.807) is 0 Å². The van der Waals surface area contributed by atoms with E-state index in [0.29, 0.717) is 19.6 Å². The molecule has 0 bridgehead atoms. The summed E-state index contributed by atoms with van der Waals surface area (Å²) in [7, 11) is -3.75. The number of rotatable bonds is 8. The number of hydrogen-bond acceptors (Lipinski definition) is 6. The number of piperidine rings is 1. The summed E-state index contributed by atoms with van der Waals surface area (Å²) in [5, 5.41) is 4.58. The van der Waals surface area contributed by atoms with Gasteiger partial charge in [-0.15, -0.1) is 0 Å². The van der Waals surface area contributed by atoms with Crippen LogP contribution in [-0.4, -0.2) is 56.9 Å². The molecule has 2 rings (SSSR count). The Morgan fingerprint density at radius 1 is 1.16 bits per heavy atom. The van der Waals surface area contributed by atoms with Crippen LogP contribution in [0.3, 0.4) is 0 Å². The van der Waals surface area contributed by atoms with Crippen molar-refractivity contribution >= 4 is 27.9 Å². The quantitative estimate of drug-likeness (QED) is 0.459. The first-order valence-electron chi connectivity index (χ1n) is 10.5. The highest BCUT2D eigenvalue weighted by Crippen LogP contribution is 2.27. The minimum Gasteiger partial charge on any atom is -0.452 e. The van der Waals surface area contributed by atoms with E-state index in [0.717, 1.165) is 19.3 Å². The molecular weight excluding hydrogens is 422 g/mol. The van der Waals surface area contributed by atoms with E-state index in [-0.39, 0.29) is 22.3 Å². The number of esters is 1. The monoisotopic (exact) mass is 453 g/mol. The lowest BCUT2D eigenvalue weighted by Crippen LogP contribution is -2.42. The first-order chi connectivity index (χ1) is 14.6. The predicted octanol–water partition coefficient (Wildman–Crippen LogP) is 2.14. The summed E-state index contributed by atoms with van der Waals surface area (Å²) < 4.78 is 32.4. The van der Waals surface area contributed by atoms with Crippen LogP contribution in [0.25, 0.3) is 0 Å². The molecule has 10 heteroatoms. The van der Waals surface area contributed by atoms with Crippen molar-refractivity contribution in [1.82, 2.24) is 14.9 Å². The number of unbranched alkanes of at least 4 members (excludes halogenated alkanes) is 1. The van der Waals surface area contributed by atoms with Crippen molar-refractivity contribution in [3.63, 3.8) is 0 Å². The molecule has 1 saturated heterocycles. The number of hydrogen-bond donors (Lipinski definition) is 2. The molecule has 31 heavy (non-hydrogen) atoms. The number of nitrogens with zero attached hydrogens (tertiary/aromatic N) is 1. The van der Waals surface area contributed by atoms with Gasteiger partial charge in [0.1, 0.15) is 0 Å². The van der Waals surface area contributed by atoms with Crippen molar-refractivity contribution in [3.05, 3.63) is 29.8 Å². The zero-order chi connectivity index (χ0) is 23.0. The number of benzene rings is 1. The Labute approximate surface area is 183 Å². The minimum atomic E-state index is -3.75. The van der Waals surface area contributed by atoms with E-state index >= 15 is 0 Å². The maximum Gasteiger partial charge on any atom is 0.338 e. The van der Waals surface area contributed by atoms with Gasteiger partial charge in [0.05, 0.1) is 10.5 Å². The van der Waals surface area contributed by atoms with Crippen molar-refractivity contribution in [3.8, 4) is 0 Å². The number of urea groups is 1. The van der Waals surface area contributed by atoms with Crippen molar-refractivity contribution in [1.29, 1.82) is 0 Å². The van der Waals surface area contributed by atoms with Gasteiger partial charge in [0.2, 0.25) is 10.0 Å².